The number of morpholine rings is 1. The predicted octanol–water partition coefficient (Wildman–Crippen LogP) is 0.646. The zero-order chi connectivity index (χ0) is 19.8. The Morgan fingerprint density at radius 3 is 2.71 bits per heavy atom. The molecule has 1 aromatic carbocycles. The summed E-state index contributed by atoms with van der Waals surface area (Å²) in [6, 6.07) is 7.00. The van der Waals surface area contributed by atoms with Gasteiger partial charge in [-0.3, -0.25) is 14.5 Å². The Morgan fingerprint density at radius 2 is 2.00 bits per heavy atom. The molecule has 3 heterocycles. The Labute approximate surface area is 163 Å². The highest BCUT2D eigenvalue weighted by Gasteiger charge is 2.43. The van der Waals surface area contributed by atoms with Gasteiger partial charge < -0.3 is 19.9 Å². The molecule has 1 fully saturated rings. The lowest BCUT2D eigenvalue weighted by Crippen LogP contribution is -2.46. The van der Waals surface area contributed by atoms with Crippen LogP contribution in [0.2, 0.25) is 0 Å². The number of urea groups is 1. The predicted molar refractivity (Wildman–Crippen MR) is 101 cm³/mol. The molecule has 0 aromatic heterocycles. The summed E-state index contributed by atoms with van der Waals surface area (Å²) in [4.78, 5) is 43.0. The van der Waals surface area contributed by atoms with Crippen LogP contribution < -0.4 is 5.32 Å². The average molecular weight is 384 g/mol. The average Bonchev–Trinajstić information content (AvgIpc) is 3.02. The minimum atomic E-state index is -0.505. The molecule has 4 rings (SSSR count). The van der Waals surface area contributed by atoms with Gasteiger partial charge in [0.25, 0.3) is 5.91 Å². The number of hydrogen-bond acceptors (Lipinski definition) is 4. The molecule has 1 saturated heterocycles. The number of ether oxygens (including phenoxy) is 1. The van der Waals surface area contributed by atoms with Gasteiger partial charge in [-0.15, -0.1) is 0 Å². The molecule has 0 aliphatic carbocycles. The SMILES string of the molecule is Cc1cccc(C2NC(=O)N(C)C3=C2C(=O)N(CC(=O)N2CCOCC2)C3)c1. The van der Waals surface area contributed by atoms with Gasteiger partial charge in [0.1, 0.15) is 6.54 Å². The number of aryl methyl sites for hydroxylation is 1. The van der Waals surface area contributed by atoms with Gasteiger partial charge in [-0.2, -0.15) is 0 Å². The Kier molecular flexibility index (Phi) is 4.80. The molecular formula is C20H24N4O4. The van der Waals surface area contributed by atoms with Gasteiger partial charge in [0.05, 0.1) is 37.1 Å². The molecule has 3 aliphatic rings. The molecule has 148 valence electrons. The van der Waals surface area contributed by atoms with E-state index in [1.807, 2.05) is 31.2 Å². The van der Waals surface area contributed by atoms with Crippen LogP contribution in [0.3, 0.4) is 0 Å². The largest absolute Gasteiger partial charge is 0.378 e. The summed E-state index contributed by atoms with van der Waals surface area (Å²) in [5.74, 6) is -0.291. The van der Waals surface area contributed by atoms with Crippen LogP contribution in [0, 0.1) is 6.92 Å². The molecule has 4 amide bonds. The maximum atomic E-state index is 13.2. The van der Waals surface area contributed by atoms with Gasteiger partial charge in [-0.05, 0) is 12.5 Å². The molecule has 8 nitrogen and oxygen atoms in total. The van der Waals surface area contributed by atoms with E-state index in [1.54, 1.807) is 11.9 Å². The van der Waals surface area contributed by atoms with Crippen molar-refractivity contribution in [3.05, 3.63) is 46.7 Å². The van der Waals surface area contributed by atoms with Crippen molar-refractivity contribution in [2.24, 2.45) is 0 Å². The van der Waals surface area contributed by atoms with E-state index in [-0.39, 0.29) is 30.9 Å². The van der Waals surface area contributed by atoms with Crippen molar-refractivity contribution in [2.45, 2.75) is 13.0 Å². The van der Waals surface area contributed by atoms with E-state index in [0.29, 0.717) is 37.6 Å². The van der Waals surface area contributed by atoms with E-state index < -0.39 is 6.04 Å². The highest BCUT2D eigenvalue weighted by atomic mass is 16.5. The fourth-order valence-corrected chi connectivity index (χ4v) is 3.93. The van der Waals surface area contributed by atoms with Gasteiger partial charge in [0.15, 0.2) is 0 Å². The Hall–Kier alpha value is -2.87. The van der Waals surface area contributed by atoms with Crippen LogP contribution in [0.25, 0.3) is 0 Å². The topological polar surface area (TPSA) is 82.2 Å². The Morgan fingerprint density at radius 1 is 1.25 bits per heavy atom. The van der Waals surface area contributed by atoms with Crippen LogP contribution in [0.5, 0.6) is 0 Å². The summed E-state index contributed by atoms with van der Waals surface area (Å²) in [5.41, 5.74) is 3.12. The standard InChI is InChI=1S/C20H24N4O4/c1-13-4-3-5-14(10-13)18-17-15(22(2)20(27)21-18)11-24(19(17)26)12-16(25)23-6-8-28-9-7-23/h3-5,10,18H,6-9,11-12H2,1-2H3,(H,21,27). The summed E-state index contributed by atoms with van der Waals surface area (Å²) in [6.45, 7) is 4.36. The van der Waals surface area contributed by atoms with Crippen molar-refractivity contribution in [2.75, 3.05) is 46.4 Å². The second-order valence-electron chi connectivity index (χ2n) is 7.37. The first-order chi connectivity index (χ1) is 13.5. The minimum Gasteiger partial charge on any atom is -0.378 e. The maximum Gasteiger partial charge on any atom is 0.322 e. The molecule has 1 N–H and O–H groups in total. The summed E-state index contributed by atoms with van der Waals surface area (Å²) in [6.07, 6.45) is 0. The van der Waals surface area contributed by atoms with Crippen molar-refractivity contribution < 1.29 is 19.1 Å². The summed E-state index contributed by atoms with van der Waals surface area (Å²) >= 11 is 0. The molecule has 0 spiro atoms. The van der Waals surface area contributed by atoms with Gasteiger partial charge in [-0.25, -0.2) is 4.79 Å². The molecular weight excluding hydrogens is 360 g/mol. The van der Waals surface area contributed by atoms with E-state index in [2.05, 4.69) is 5.32 Å². The summed E-state index contributed by atoms with van der Waals surface area (Å²) in [5, 5.41) is 2.92. The monoisotopic (exact) mass is 384 g/mol. The third kappa shape index (κ3) is 3.24. The number of carbonyl (C=O) groups is 3. The smallest absolute Gasteiger partial charge is 0.322 e. The van der Waals surface area contributed by atoms with E-state index in [1.165, 1.54) is 9.80 Å². The lowest BCUT2D eigenvalue weighted by Gasteiger charge is -2.31. The molecule has 8 heteroatoms. The number of nitrogens with zero attached hydrogens (tertiary/aromatic N) is 3. The fourth-order valence-electron chi connectivity index (χ4n) is 3.93. The quantitative estimate of drug-likeness (QED) is 0.830. The van der Waals surface area contributed by atoms with Crippen molar-refractivity contribution in [3.8, 4) is 0 Å². The van der Waals surface area contributed by atoms with Crippen molar-refractivity contribution in [3.63, 3.8) is 0 Å². The molecule has 0 saturated carbocycles. The second-order valence-corrected chi connectivity index (χ2v) is 7.37. The van der Waals surface area contributed by atoms with Crippen LogP contribution in [0.4, 0.5) is 4.79 Å². The van der Waals surface area contributed by atoms with Gasteiger partial charge in [0.2, 0.25) is 5.91 Å². The number of amides is 4. The summed E-state index contributed by atoms with van der Waals surface area (Å²) in [7, 11) is 1.65. The van der Waals surface area contributed by atoms with Crippen LogP contribution >= 0.6 is 0 Å². The second kappa shape index (κ2) is 7.27. The van der Waals surface area contributed by atoms with Gasteiger partial charge in [0, 0.05) is 20.1 Å². The lowest BCUT2D eigenvalue weighted by molar-refractivity contribution is -0.140. The van der Waals surface area contributed by atoms with E-state index in [0.717, 1.165) is 11.1 Å². The van der Waals surface area contributed by atoms with Crippen LogP contribution in [-0.2, 0) is 14.3 Å². The normalized spacial score (nSPS) is 22.5. The number of nitrogens with one attached hydrogen (secondary N) is 1. The molecule has 0 bridgehead atoms. The van der Waals surface area contributed by atoms with Crippen LogP contribution in [0.15, 0.2) is 35.5 Å². The van der Waals surface area contributed by atoms with Crippen LogP contribution in [0.1, 0.15) is 17.2 Å². The molecule has 28 heavy (non-hydrogen) atoms. The maximum absolute atomic E-state index is 13.2. The third-order valence-electron chi connectivity index (χ3n) is 5.50. The number of carbonyl (C=O) groups excluding carboxylic acids is 3. The molecule has 0 radical (unpaired) electrons. The Balaban J connectivity index is 1.58. The number of rotatable bonds is 3. The van der Waals surface area contributed by atoms with Crippen molar-refractivity contribution in [1.29, 1.82) is 0 Å². The molecule has 3 aliphatic heterocycles. The highest BCUT2D eigenvalue weighted by molar-refractivity contribution is 6.02. The first kappa shape index (κ1) is 18.5. The zero-order valence-corrected chi connectivity index (χ0v) is 16.1. The number of likely N-dealkylation sites (N-methyl/N-ethyl adjacent to an activating group) is 1. The summed E-state index contributed by atoms with van der Waals surface area (Å²) < 4.78 is 5.28. The number of hydrogen-bond donors (Lipinski definition) is 1. The van der Waals surface area contributed by atoms with Crippen molar-refractivity contribution >= 4 is 17.8 Å². The van der Waals surface area contributed by atoms with E-state index >= 15 is 0 Å². The highest BCUT2D eigenvalue weighted by Crippen LogP contribution is 2.35. The van der Waals surface area contributed by atoms with Crippen LogP contribution in [-0.4, -0.2) is 79.0 Å². The number of benzene rings is 1. The Bertz CT molecular complexity index is 860. The zero-order valence-electron chi connectivity index (χ0n) is 16.1. The van der Waals surface area contributed by atoms with Gasteiger partial charge in [-0.1, -0.05) is 29.8 Å². The molecule has 1 atom stereocenters. The van der Waals surface area contributed by atoms with Gasteiger partial charge >= 0.3 is 6.03 Å². The molecule has 1 unspecified atom stereocenters. The first-order valence-corrected chi connectivity index (χ1v) is 9.44. The third-order valence-corrected chi connectivity index (χ3v) is 5.50. The van der Waals surface area contributed by atoms with E-state index in [9.17, 15) is 14.4 Å². The van der Waals surface area contributed by atoms with Crippen molar-refractivity contribution in [1.82, 2.24) is 20.0 Å². The fraction of sp³-hybridized carbons (Fsp3) is 0.450. The van der Waals surface area contributed by atoms with E-state index in [4.69, 9.17) is 4.74 Å². The molecule has 1 aromatic rings. The minimum absolute atomic E-state index is 0.00833. The first-order valence-electron chi connectivity index (χ1n) is 9.44. The lowest BCUT2D eigenvalue weighted by atomic mass is 9.95.